The zero-order valence-electron chi connectivity index (χ0n) is 12.8. The van der Waals surface area contributed by atoms with E-state index in [1.54, 1.807) is 18.6 Å². The minimum Gasteiger partial charge on any atom is -0.349 e. The molecular formula is C16H20BrN5O. The maximum absolute atomic E-state index is 12.6. The van der Waals surface area contributed by atoms with Crippen molar-refractivity contribution < 1.29 is 4.79 Å². The van der Waals surface area contributed by atoms with Gasteiger partial charge in [-0.05, 0) is 53.0 Å². The van der Waals surface area contributed by atoms with Gasteiger partial charge in [-0.2, -0.15) is 5.10 Å². The van der Waals surface area contributed by atoms with Crippen LogP contribution >= 0.6 is 15.9 Å². The Kier molecular flexibility index (Phi) is 5.40. The number of nitrogens with zero attached hydrogens (tertiary/aromatic N) is 3. The maximum Gasteiger partial charge on any atom is 0.237 e. The second-order valence-electron chi connectivity index (χ2n) is 5.75. The lowest BCUT2D eigenvalue weighted by Crippen LogP contribution is -2.48. The molecule has 1 aliphatic rings. The molecule has 122 valence electrons. The topological polar surface area (TPSA) is 73.9 Å². The number of hydrogen-bond donors (Lipinski definition) is 2. The van der Waals surface area contributed by atoms with Crippen LogP contribution < -0.4 is 5.32 Å². The van der Waals surface area contributed by atoms with Crippen LogP contribution in [0.15, 0.2) is 35.2 Å². The summed E-state index contributed by atoms with van der Waals surface area (Å²) in [5.41, 5.74) is 2.07. The molecule has 1 unspecified atom stereocenters. The third kappa shape index (κ3) is 4.17. The summed E-state index contributed by atoms with van der Waals surface area (Å²) in [6, 6.07) is 3.94. The van der Waals surface area contributed by atoms with Crippen molar-refractivity contribution >= 4 is 21.8 Å². The van der Waals surface area contributed by atoms with Crippen LogP contribution in [0, 0.1) is 0 Å². The Bertz CT molecular complexity index is 645. The summed E-state index contributed by atoms with van der Waals surface area (Å²) in [7, 11) is 0. The van der Waals surface area contributed by atoms with Gasteiger partial charge in [0.1, 0.15) is 0 Å². The lowest BCUT2D eigenvalue weighted by Gasteiger charge is -2.34. The van der Waals surface area contributed by atoms with Crippen molar-refractivity contribution in [1.82, 2.24) is 25.4 Å². The first-order chi connectivity index (χ1) is 11.2. The summed E-state index contributed by atoms with van der Waals surface area (Å²) in [4.78, 5) is 18.9. The fourth-order valence-electron chi connectivity index (χ4n) is 2.92. The maximum atomic E-state index is 12.6. The number of piperidine rings is 1. The van der Waals surface area contributed by atoms with Gasteiger partial charge >= 0.3 is 0 Å². The van der Waals surface area contributed by atoms with Crippen LogP contribution in [0.4, 0.5) is 0 Å². The zero-order valence-corrected chi connectivity index (χ0v) is 14.4. The molecule has 2 N–H and O–H groups in total. The molecule has 0 saturated carbocycles. The number of H-pyrrole nitrogens is 1. The van der Waals surface area contributed by atoms with Gasteiger partial charge in [-0.15, -0.1) is 0 Å². The van der Waals surface area contributed by atoms with Gasteiger partial charge in [-0.25, -0.2) is 0 Å². The second kappa shape index (κ2) is 7.70. The molecule has 3 rings (SSSR count). The highest BCUT2D eigenvalue weighted by molar-refractivity contribution is 9.10. The largest absolute Gasteiger partial charge is 0.349 e. The zero-order chi connectivity index (χ0) is 16.1. The molecule has 0 aliphatic carbocycles. The fraction of sp³-hybridized carbons (Fsp3) is 0.438. The van der Waals surface area contributed by atoms with Gasteiger partial charge in [0.2, 0.25) is 5.91 Å². The van der Waals surface area contributed by atoms with E-state index in [2.05, 4.69) is 41.3 Å². The number of carbonyl (C=O) groups excluding carboxylic acids is 1. The molecule has 2 aromatic rings. The Morgan fingerprint density at radius 3 is 2.96 bits per heavy atom. The SMILES string of the molecule is O=C(NCc1[nH]ncc1Br)C1CCCCN1Cc1ccncc1. The molecule has 2 aromatic heterocycles. The molecule has 0 bridgehead atoms. The normalized spacial score (nSPS) is 18.7. The van der Waals surface area contributed by atoms with E-state index in [1.165, 1.54) is 5.56 Å². The van der Waals surface area contributed by atoms with Gasteiger partial charge in [0.15, 0.2) is 0 Å². The van der Waals surface area contributed by atoms with Gasteiger partial charge in [0, 0.05) is 18.9 Å². The first kappa shape index (κ1) is 16.1. The number of aromatic nitrogens is 3. The van der Waals surface area contributed by atoms with Crippen LogP contribution in [0.5, 0.6) is 0 Å². The Hall–Kier alpha value is -1.73. The van der Waals surface area contributed by atoms with E-state index >= 15 is 0 Å². The lowest BCUT2D eigenvalue weighted by atomic mass is 10.0. The smallest absolute Gasteiger partial charge is 0.237 e. The van der Waals surface area contributed by atoms with Crippen LogP contribution in [-0.2, 0) is 17.9 Å². The molecule has 1 aliphatic heterocycles. The number of nitrogens with one attached hydrogen (secondary N) is 2. The highest BCUT2D eigenvalue weighted by Gasteiger charge is 2.28. The summed E-state index contributed by atoms with van der Waals surface area (Å²) in [5.74, 6) is 0.0836. The number of hydrogen-bond acceptors (Lipinski definition) is 4. The van der Waals surface area contributed by atoms with E-state index < -0.39 is 0 Å². The van der Waals surface area contributed by atoms with Crippen molar-refractivity contribution in [2.75, 3.05) is 6.54 Å². The predicted molar refractivity (Wildman–Crippen MR) is 90.4 cm³/mol. The number of aromatic amines is 1. The Balaban J connectivity index is 1.61. The van der Waals surface area contributed by atoms with E-state index in [1.807, 2.05) is 12.1 Å². The number of pyridine rings is 1. The summed E-state index contributed by atoms with van der Waals surface area (Å²) in [6.45, 7) is 2.20. The quantitative estimate of drug-likeness (QED) is 0.837. The third-order valence-electron chi connectivity index (χ3n) is 4.16. The predicted octanol–water partition coefficient (Wildman–Crippen LogP) is 2.24. The highest BCUT2D eigenvalue weighted by atomic mass is 79.9. The van der Waals surface area contributed by atoms with E-state index in [4.69, 9.17) is 0 Å². The van der Waals surface area contributed by atoms with E-state index in [9.17, 15) is 4.79 Å². The van der Waals surface area contributed by atoms with E-state index in [0.717, 1.165) is 42.5 Å². The standard InChI is InChI=1S/C16H20BrN5O/c17-13-9-20-21-14(13)10-19-16(23)15-3-1-2-8-22(15)11-12-4-6-18-7-5-12/h4-7,9,15H,1-3,8,10-11H2,(H,19,23)(H,20,21). The third-order valence-corrected chi connectivity index (χ3v) is 4.84. The van der Waals surface area contributed by atoms with Crippen LogP contribution in [-0.4, -0.2) is 38.6 Å². The lowest BCUT2D eigenvalue weighted by molar-refractivity contribution is -0.128. The van der Waals surface area contributed by atoms with Crippen molar-refractivity contribution in [2.24, 2.45) is 0 Å². The molecule has 1 fully saturated rings. The molecule has 1 saturated heterocycles. The molecule has 3 heterocycles. The van der Waals surface area contributed by atoms with Gasteiger partial charge in [0.25, 0.3) is 0 Å². The number of amides is 1. The molecule has 1 atom stereocenters. The van der Waals surface area contributed by atoms with Crippen LogP contribution in [0.1, 0.15) is 30.5 Å². The molecule has 0 aromatic carbocycles. The highest BCUT2D eigenvalue weighted by Crippen LogP contribution is 2.20. The van der Waals surface area contributed by atoms with Crippen molar-refractivity contribution in [3.05, 3.63) is 46.5 Å². The van der Waals surface area contributed by atoms with Crippen LogP contribution in [0.25, 0.3) is 0 Å². The molecular weight excluding hydrogens is 358 g/mol. The Labute approximate surface area is 143 Å². The Morgan fingerprint density at radius 2 is 2.22 bits per heavy atom. The molecule has 7 heteroatoms. The molecule has 0 radical (unpaired) electrons. The van der Waals surface area contributed by atoms with Crippen molar-refractivity contribution in [1.29, 1.82) is 0 Å². The summed E-state index contributed by atoms with van der Waals surface area (Å²) < 4.78 is 0.884. The average molecular weight is 378 g/mol. The van der Waals surface area contributed by atoms with Crippen LogP contribution in [0.2, 0.25) is 0 Å². The average Bonchev–Trinajstić information content (AvgIpc) is 2.99. The van der Waals surface area contributed by atoms with Gasteiger partial charge in [-0.3, -0.25) is 19.8 Å². The minimum absolute atomic E-state index is 0.0707. The first-order valence-corrected chi connectivity index (χ1v) is 8.62. The fourth-order valence-corrected chi connectivity index (χ4v) is 3.25. The number of likely N-dealkylation sites (tertiary alicyclic amines) is 1. The molecule has 23 heavy (non-hydrogen) atoms. The van der Waals surface area contributed by atoms with Crippen molar-refractivity contribution in [3.8, 4) is 0 Å². The molecule has 6 nitrogen and oxygen atoms in total. The molecule has 1 amide bonds. The van der Waals surface area contributed by atoms with E-state index in [-0.39, 0.29) is 11.9 Å². The Morgan fingerprint density at radius 1 is 1.39 bits per heavy atom. The molecule has 0 spiro atoms. The van der Waals surface area contributed by atoms with Gasteiger partial charge in [-0.1, -0.05) is 6.42 Å². The number of rotatable bonds is 5. The number of carbonyl (C=O) groups is 1. The summed E-state index contributed by atoms with van der Waals surface area (Å²) in [5, 5.41) is 9.84. The van der Waals surface area contributed by atoms with Gasteiger partial charge < -0.3 is 5.32 Å². The monoisotopic (exact) mass is 377 g/mol. The van der Waals surface area contributed by atoms with Crippen molar-refractivity contribution in [3.63, 3.8) is 0 Å². The number of halogens is 1. The van der Waals surface area contributed by atoms with E-state index in [0.29, 0.717) is 6.54 Å². The van der Waals surface area contributed by atoms with Crippen molar-refractivity contribution in [2.45, 2.75) is 38.4 Å². The van der Waals surface area contributed by atoms with Crippen LogP contribution in [0.3, 0.4) is 0 Å². The minimum atomic E-state index is -0.0707. The van der Waals surface area contributed by atoms with Gasteiger partial charge in [0.05, 0.1) is 29.0 Å². The summed E-state index contributed by atoms with van der Waals surface area (Å²) in [6.07, 6.45) is 8.42. The summed E-state index contributed by atoms with van der Waals surface area (Å²) >= 11 is 3.41. The second-order valence-corrected chi connectivity index (χ2v) is 6.61. The first-order valence-electron chi connectivity index (χ1n) is 7.82.